The van der Waals surface area contributed by atoms with E-state index in [-0.39, 0.29) is 12.1 Å². The smallest absolute Gasteiger partial charge is 0.342 e. The van der Waals surface area contributed by atoms with E-state index in [9.17, 15) is 4.79 Å². The molecule has 0 N–H and O–H groups in total. The Morgan fingerprint density at radius 2 is 1.95 bits per heavy atom. The largest absolute Gasteiger partial charge is 0.460 e. The van der Waals surface area contributed by atoms with Gasteiger partial charge in [0.1, 0.15) is 11.7 Å². The summed E-state index contributed by atoms with van der Waals surface area (Å²) in [5.41, 5.74) is 0.0528. The van der Waals surface area contributed by atoms with Crippen LogP contribution in [0.2, 0.25) is 0 Å². The number of hydrogen-bond acceptors (Lipinski definition) is 3. The highest BCUT2D eigenvalue weighted by Crippen LogP contribution is 2.66. The summed E-state index contributed by atoms with van der Waals surface area (Å²) in [5.74, 6) is -0.126. The maximum atomic E-state index is 12.4. The summed E-state index contributed by atoms with van der Waals surface area (Å²) in [6.07, 6.45) is 6.11. The number of fused-ring (bicyclic) bond motifs is 1. The van der Waals surface area contributed by atoms with Gasteiger partial charge in [0, 0.05) is 0 Å². The second kappa shape index (κ2) is 3.83. The average molecular weight is 258 g/mol. The summed E-state index contributed by atoms with van der Waals surface area (Å²) in [7, 11) is 0. The van der Waals surface area contributed by atoms with Gasteiger partial charge in [-0.05, 0) is 44.1 Å². The minimum Gasteiger partial charge on any atom is -0.460 e. The van der Waals surface area contributed by atoms with Gasteiger partial charge in [-0.1, -0.05) is 30.3 Å². The number of hydrogen-bond donors (Lipinski definition) is 0. The van der Waals surface area contributed by atoms with E-state index < -0.39 is 11.2 Å². The molecule has 0 amide bonds. The molecular weight excluding hydrogens is 240 g/mol. The first-order chi connectivity index (χ1) is 9.27. The molecule has 1 heterocycles. The number of epoxide rings is 1. The summed E-state index contributed by atoms with van der Waals surface area (Å²) >= 11 is 0. The zero-order chi connectivity index (χ0) is 12.9. The number of carbonyl (C=O) groups is 1. The van der Waals surface area contributed by atoms with Crippen LogP contribution in [0.4, 0.5) is 0 Å². The van der Waals surface area contributed by atoms with Crippen LogP contribution in [0.25, 0.3) is 0 Å². The molecule has 1 saturated heterocycles. The van der Waals surface area contributed by atoms with Gasteiger partial charge in [0.2, 0.25) is 0 Å². The quantitative estimate of drug-likeness (QED) is 0.618. The van der Waals surface area contributed by atoms with Crippen molar-refractivity contribution >= 4 is 5.97 Å². The van der Waals surface area contributed by atoms with Crippen LogP contribution in [0.1, 0.15) is 44.1 Å². The van der Waals surface area contributed by atoms with Crippen molar-refractivity contribution in [1.82, 2.24) is 0 Å². The van der Waals surface area contributed by atoms with Gasteiger partial charge in [0.15, 0.2) is 5.60 Å². The molecule has 19 heavy (non-hydrogen) atoms. The van der Waals surface area contributed by atoms with Crippen molar-refractivity contribution in [2.24, 2.45) is 0 Å². The van der Waals surface area contributed by atoms with Crippen LogP contribution >= 0.6 is 0 Å². The van der Waals surface area contributed by atoms with Crippen LogP contribution in [-0.2, 0) is 19.9 Å². The molecule has 0 radical (unpaired) electrons. The van der Waals surface area contributed by atoms with Gasteiger partial charge in [-0.25, -0.2) is 4.79 Å². The summed E-state index contributed by atoms with van der Waals surface area (Å²) in [6.45, 7) is 0. The summed E-state index contributed by atoms with van der Waals surface area (Å²) in [4.78, 5) is 12.4. The average Bonchev–Trinajstić information content (AvgIpc) is 2.93. The van der Waals surface area contributed by atoms with Gasteiger partial charge in [-0.15, -0.1) is 0 Å². The maximum absolute atomic E-state index is 12.4. The molecule has 2 unspecified atom stereocenters. The minimum atomic E-state index is -0.677. The van der Waals surface area contributed by atoms with Crippen molar-refractivity contribution in [1.29, 1.82) is 0 Å². The molecule has 3 fully saturated rings. The minimum absolute atomic E-state index is 0.126. The van der Waals surface area contributed by atoms with E-state index in [4.69, 9.17) is 9.47 Å². The lowest BCUT2D eigenvalue weighted by molar-refractivity contribution is -0.159. The van der Waals surface area contributed by atoms with Crippen molar-refractivity contribution in [3.63, 3.8) is 0 Å². The van der Waals surface area contributed by atoms with E-state index in [1.165, 1.54) is 6.42 Å². The van der Waals surface area contributed by atoms with Crippen molar-refractivity contribution in [2.75, 3.05) is 0 Å². The van der Waals surface area contributed by atoms with Crippen LogP contribution in [0.15, 0.2) is 30.3 Å². The fourth-order valence-corrected chi connectivity index (χ4v) is 3.55. The molecule has 100 valence electrons. The Kier molecular flexibility index (Phi) is 2.31. The molecule has 4 rings (SSSR count). The molecule has 3 aliphatic rings. The molecule has 0 spiro atoms. The number of rotatable bonds is 3. The first kappa shape index (κ1) is 11.5. The van der Waals surface area contributed by atoms with E-state index in [1.54, 1.807) is 0 Å². The molecule has 1 aliphatic heterocycles. The van der Waals surface area contributed by atoms with Gasteiger partial charge in [0.25, 0.3) is 0 Å². The van der Waals surface area contributed by atoms with Crippen LogP contribution < -0.4 is 0 Å². The molecule has 3 heteroatoms. The third-order valence-corrected chi connectivity index (χ3v) is 4.91. The monoisotopic (exact) mass is 258 g/mol. The van der Waals surface area contributed by atoms with Gasteiger partial charge < -0.3 is 9.47 Å². The molecular formula is C16H18O3. The number of esters is 1. The normalized spacial score (nSPS) is 36.4. The topological polar surface area (TPSA) is 38.8 Å². The van der Waals surface area contributed by atoms with E-state index in [2.05, 4.69) is 12.1 Å². The SMILES string of the molecule is O=C(OC1CCC1)C12CCCC1(c1ccccc1)O2. The molecule has 0 aromatic heterocycles. The first-order valence-corrected chi connectivity index (χ1v) is 7.24. The second-order valence-electron chi connectivity index (χ2n) is 5.93. The van der Waals surface area contributed by atoms with E-state index in [0.29, 0.717) is 0 Å². The highest BCUT2D eigenvalue weighted by Gasteiger charge is 2.78. The van der Waals surface area contributed by atoms with Crippen molar-refractivity contribution in [2.45, 2.75) is 55.8 Å². The molecule has 1 aromatic carbocycles. The van der Waals surface area contributed by atoms with Crippen molar-refractivity contribution in [3.05, 3.63) is 35.9 Å². The molecule has 1 aromatic rings. The lowest BCUT2D eigenvalue weighted by Crippen LogP contribution is -2.36. The molecule has 0 bridgehead atoms. The van der Waals surface area contributed by atoms with Crippen LogP contribution in [0.5, 0.6) is 0 Å². The van der Waals surface area contributed by atoms with Crippen LogP contribution in [-0.4, -0.2) is 17.7 Å². The number of ether oxygens (including phenoxy) is 2. The van der Waals surface area contributed by atoms with Crippen LogP contribution in [0.3, 0.4) is 0 Å². The highest BCUT2D eigenvalue weighted by atomic mass is 16.7. The molecule has 2 aliphatic carbocycles. The predicted octanol–water partition coefficient (Wildman–Crippen LogP) is 2.93. The Labute approximate surface area is 112 Å². The summed E-state index contributed by atoms with van der Waals surface area (Å²) in [6, 6.07) is 10.1. The van der Waals surface area contributed by atoms with Gasteiger partial charge in [-0.2, -0.15) is 0 Å². The highest BCUT2D eigenvalue weighted by molar-refractivity contribution is 5.86. The van der Waals surface area contributed by atoms with Crippen molar-refractivity contribution < 1.29 is 14.3 Å². The molecule has 2 saturated carbocycles. The Balaban J connectivity index is 1.60. The first-order valence-electron chi connectivity index (χ1n) is 7.24. The lowest BCUT2D eigenvalue weighted by Gasteiger charge is -2.26. The van der Waals surface area contributed by atoms with Gasteiger partial charge in [0.05, 0.1) is 0 Å². The Hall–Kier alpha value is -1.35. The third kappa shape index (κ3) is 1.45. The van der Waals surface area contributed by atoms with Gasteiger partial charge >= 0.3 is 5.97 Å². The summed E-state index contributed by atoms with van der Waals surface area (Å²) in [5, 5.41) is 0. The Morgan fingerprint density at radius 1 is 1.16 bits per heavy atom. The standard InChI is InChI=1S/C16H18O3/c17-14(18-13-8-4-9-13)16-11-5-10-15(16,19-16)12-6-2-1-3-7-12/h1-3,6-7,13H,4-5,8-11H2. The molecule has 3 nitrogen and oxygen atoms in total. The zero-order valence-electron chi connectivity index (χ0n) is 10.9. The third-order valence-electron chi connectivity index (χ3n) is 4.91. The molecule has 2 atom stereocenters. The van der Waals surface area contributed by atoms with E-state index >= 15 is 0 Å². The number of carbonyl (C=O) groups excluding carboxylic acids is 1. The maximum Gasteiger partial charge on any atom is 0.342 e. The van der Waals surface area contributed by atoms with Crippen molar-refractivity contribution in [3.8, 4) is 0 Å². The van der Waals surface area contributed by atoms with Crippen LogP contribution in [0, 0.1) is 0 Å². The van der Waals surface area contributed by atoms with E-state index in [0.717, 1.165) is 37.7 Å². The Morgan fingerprint density at radius 3 is 2.63 bits per heavy atom. The fraction of sp³-hybridized carbons (Fsp3) is 0.562. The van der Waals surface area contributed by atoms with Gasteiger partial charge in [-0.3, -0.25) is 0 Å². The van der Waals surface area contributed by atoms with E-state index in [1.807, 2.05) is 18.2 Å². The summed E-state index contributed by atoms with van der Waals surface area (Å²) < 4.78 is 11.6. The lowest BCUT2D eigenvalue weighted by atomic mass is 9.88. The fourth-order valence-electron chi connectivity index (χ4n) is 3.55. The Bertz CT molecular complexity index is 508. The number of benzene rings is 1. The predicted molar refractivity (Wildman–Crippen MR) is 69.5 cm³/mol. The second-order valence-corrected chi connectivity index (χ2v) is 5.93. The zero-order valence-corrected chi connectivity index (χ0v) is 10.9.